The molecule has 2 rings (SSSR count). The highest BCUT2D eigenvalue weighted by atomic mass is 14.3. The van der Waals surface area contributed by atoms with Crippen LogP contribution in [0, 0.1) is 17.8 Å². The number of hydrogen-bond donors (Lipinski definition) is 0. The van der Waals surface area contributed by atoms with Gasteiger partial charge in [-0.1, -0.05) is 25.5 Å². The van der Waals surface area contributed by atoms with Gasteiger partial charge in [-0.15, -0.1) is 0 Å². The van der Waals surface area contributed by atoms with Crippen LogP contribution < -0.4 is 0 Å². The topological polar surface area (TPSA) is 0 Å². The van der Waals surface area contributed by atoms with Crippen LogP contribution in [-0.2, 0) is 0 Å². The molecule has 0 bridgehead atoms. The zero-order valence-electron chi connectivity index (χ0n) is 7.42. The molecule has 0 aliphatic heterocycles. The summed E-state index contributed by atoms with van der Waals surface area (Å²) in [7, 11) is 0. The van der Waals surface area contributed by atoms with Crippen LogP contribution in [0.4, 0.5) is 0 Å². The fourth-order valence-electron chi connectivity index (χ4n) is 2.70. The van der Waals surface area contributed by atoms with E-state index >= 15 is 0 Å². The molecule has 0 radical (unpaired) electrons. The van der Waals surface area contributed by atoms with Crippen molar-refractivity contribution in [2.24, 2.45) is 17.8 Å². The number of allylic oxidation sites excluding steroid dienone is 2. The lowest BCUT2D eigenvalue weighted by atomic mass is 9.70. The van der Waals surface area contributed by atoms with Gasteiger partial charge in [0, 0.05) is 0 Å². The van der Waals surface area contributed by atoms with Gasteiger partial charge in [-0.05, 0) is 43.4 Å². The minimum absolute atomic E-state index is 1.00. The Morgan fingerprint density at radius 1 is 1.00 bits per heavy atom. The van der Waals surface area contributed by atoms with Crippen LogP contribution in [0.25, 0.3) is 0 Å². The molecule has 0 aromatic carbocycles. The highest BCUT2D eigenvalue weighted by Gasteiger charge is 2.28. The van der Waals surface area contributed by atoms with Crippen molar-refractivity contribution in [2.75, 3.05) is 0 Å². The second-order valence-corrected chi connectivity index (χ2v) is 4.38. The highest BCUT2D eigenvalue weighted by Crippen LogP contribution is 2.39. The van der Waals surface area contributed by atoms with Gasteiger partial charge in [0.25, 0.3) is 0 Å². The standard InChI is InChI=1S/C11H18/c1-9-6-7-10-4-2-3-5-11(10)8-9/h2-3,9-11H,4-8H2,1H3. The third kappa shape index (κ3) is 1.50. The number of fused-ring (bicyclic) bond motifs is 1. The molecule has 3 unspecified atom stereocenters. The first-order valence-corrected chi connectivity index (χ1v) is 5.01. The van der Waals surface area contributed by atoms with E-state index in [1.54, 1.807) is 0 Å². The summed E-state index contributed by atoms with van der Waals surface area (Å²) in [6.07, 6.45) is 12.0. The fourth-order valence-corrected chi connectivity index (χ4v) is 2.70. The van der Waals surface area contributed by atoms with E-state index in [1.807, 2.05) is 0 Å². The summed E-state index contributed by atoms with van der Waals surface area (Å²) in [6.45, 7) is 2.41. The van der Waals surface area contributed by atoms with E-state index in [-0.39, 0.29) is 0 Å². The monoisotopic (exact) mass is 150 g/mol. The Bertz CT molecular complexity index is 157. The molecule has 0 spiro atoms. The molecule has 2 aliphatic carbocycles. The van der Waals surface area contributed by atoms with Crippen LogP contribution in [-0.4, -0.2) is 0 Å². The van der Waals surface area contributed by atoms with Gasteiger partial charge in [0.1, 0.15) is 0 Å². The Labute approximate surface area is 69.7 Å². The van der Waals surface area contributed by atoms with Gasteiger partial charge in [-0.2, -0.15) is 0 Å². The third-order valence-electron chi connectivity index (χ3n) is 3.45. The van der Waals surface area contributed by atoms with Crippen LogP contribution in [0.15, 0.2) is 12.2 Å². The van der Waals surface area contributed by atoms with Crippen LogP contribution in [0.1, 0.15) is 39.0 Å². The Hall–Kier alpha value is -0.260. The van der Waals surface area contributed by atoms with E-state index < -0.39 is 0 Å². The maximum absolute atomic E-state index is 2.41. The van der Waals surface area contributed by atoms with E-state index in [1.165, 1.54) is 32.1 Å². The molecule has 0 aromatic rings. The molecule has 0 N–H and O–H groups in total. The predicted octanol–water partition coefficient (Wildman–Crippen LogP) is 3.39. The van der Waals surface area contributed by atoms with Crippen LogP contribution >= 0.6 is 0 Å². The lowest BCUT2D eigenvalue weighted by molar-refractivity contribution is 0.185. The molecule has 0 saturated heterocycles. The van der Waals surface area contributed by atoms with Crippen LogP contribution in [0.5, 0.6) is 0 Å². The molecular formula is C11H18. The summed E-state index contributed by atoms with van der Waals surface area (Å²) < 4.78 is 0. The van der Waals surface area contributed by atoms with Crippen molar-refractivity contribution in [1.82, 2.24) is 0 Å². The molecule has 1 fully saturated rings. The Morgan fingerprint density at radius 2 is 1.73 bits per heavy atom. The van der Waals surface area contributed by atoms with Gasteiger partial charge in [0.2, 0.25) is 0 Å². The second kappa shape index (κ2) is 3.00. The molecule has 11 heavy (non-hydrogen) atoms. The Balaban J connectivity index is 2.00. The molecule has 0 aromatic heterocycles. The van der Waals surface area contributed by atoms with Gasteiger partial charge in [0.05, 0.1) is 0 Å². The summed E-state index contributed by atoms with van der Waals surface area (Å²) >= 11 is 0. The van der Waals surface area contributed by atoms with Gasteiger partial charge in [-0.3, -0.25) is 0 Å². The van der Waals surface area contributed by atoms with Gasteiger partial charge >= 0.3 is 0 Å². The smallest absolute Gasteiger partial charge is 0.0319 e. The first-order chi connectivity index (χ1) is 5.36. The molecule has 0 heteroatoms. The summed E-state index contributed by atoms with van der Waals surface area (Å²) in [6, 6.07) is 0. The summed E-state index contributed by atoms with van der Waals surface area (Å²) in [4.78, 5) is 0. The fraction of sp³-hybridized carbons (Fsp3) is 0.818. The van der Waals surface area contributed by atoms with Gasteiger partial charge in [0.15, 0.2) is 0 Å². The van der Waals surface area contributed by atoms with Crippen molar-refractivity contribution >= 4 is 0 Å². The lowest BCUT2D eigenvalue weighted by Gasteiger charge is -2.35. The van der Waals surface area contributed by atoms with Crippen molar-refractivity contribution < 1.29 is 0 Å². The Morgan fingerprint density at radius 3 is 2.55 bits per heavy atom. The normalized spacial score (nSPS) is 43.5. The summed E-state index contributed by atoms with van der Waals surface area (Å²) in [5, 5.41) is 0. The average molecular weight is 150 g/mol. The quantitative estimate of drug-likeness (QED) is 0.464. The van der Waals surface area contributed by atoms with E-state index in [0.717, 1.165) is 17.8 Å². The molecular weight excluding hydrogens is 132 g/mol. The van der Waals surface area contributed by atoms with Crippen molar-refractivity contribution in [3.8, 4) is 0 Å². The van der Waals surface area contributed by atoms with Crippen molar-refractivity contribution in [3.05, 3.63) is 12.2 Å². The molecule has 2 aliphatic rings. The molecule has 0 heterocycles. The number of hydrogen-bond acceptors (Lipinski definition) is 0. The number of rotatable bonds is 0. The SMILES string of the molecule is CC1CCC2CC=CCC2C1. The van der Waals surface area contributed by atoms with Gasteiger partial charge < -0.3 is 0 Å². The maximum Gasteiger partial charge on any atom is -0.0319 e. The van der Waals surface area contributed by atoms with Crippen molar-refractivity contribution in [3.63, 3.8) is 0 Å². The maximum atomic E-state index is 2.41. The molecule has 1 saturated carbocycles. The molecule has 62 valence electrons. The lowest BCUT2D eigenvalue weighted by Crippen LogP contribution is -2.24. The Kier molecular flexibility index (Phi) is 2.02. The van der Waals surface area contributed by atoms with Crippen molar-refractivity contribution in [2.45, 2.75) is 39.0 Å². The summed E-state index contributed by atoms with van der Waals surface area (Å²) in [5.41, 5.74) is 0. The summed E-state index contributed by atoms with van der Waals surface area (Å²) in [5.74, 6) is 3.10. The van der Waals surface area contributed by atoms with Crippen molar-refractivity contribution in [1.29, 1.82) is 0 Å². The van der Waals surface area contributed by atoms with E-state index in [0.29, 0.717) is 0 Å². The van der Waals surface area contributed by atoms with Crippen LogP contribution in [0.3, 0.4) is 0 Å². The molecule has 0 nitrogen and oxygen atoms in total. The van der Waals surface area contributed by atoms with Gasteiger partial charge in [-0.25, -0.2) is 0 Å². The third-order valence-corrected chi connectivity index (χ3v) is 3.45. The first kappa shape index (κ1) is 7.39. The second-order valence-electron chi connectivity index (χ2n) is 4.38. The van der Waals surface area contributed by atoms with Crippen LogP contribution in [0.2, 0.25) is 0 Å². The highest BCUT2D eigenvalue weighted by molar-refractivity contribution is 4.96. The molecule has 0 amide bonds. The first-order valence-electron chi connectivity index (χ1n) is 5.01. The van der Waals surface area contributed by atoms with E-state index in [4.69, 9.17) is 0 Å². The molecule has 3 atom stereocenters. The predicted molar refractivity (Wildman–Crippen MR) is 48.4 cm³/mol. The largest absolute Gasteiger partial charge is 0.0882 e. The minimum atomic E-state index is 1.00. The zero-order chi connectivity index (χ0) is 7.68. The minimum Gasteiger partial charge on any atom is -0.0882 e. The average Bonchev–Trinajstić information content (AvgIpc) is 2.04. The zero-order valence-corrected chi connectivity index (χ0v) is 7.42. The van der Waals surface area contributed by atoms with E-state index in [2.05, 4.69) is 19.1 Å². The van der Waals surface area contributed by atoms with E-state index in [9.17, 15) is 0 Å².